The first-order chi connectivity index (χ1) is 12.0. The van der Waals surface area contributed by atoms with E-state index < -0.39 is 0 Å². The number of nitrogens with one attached hydrogen (secondary N) is 1. The zero-order chi connectivity index (χ0) is 17.8. The Labute approximate surface area is 147 Å². The Morgan fingerprint density at radius 3 is 2.44 bits per heavy atom. The number of nitrogens with zero attached hydrogens (tertiary/aromatic N) is 4. The molecule has 25 heavy (non-hydrogen) atoms. The highest BCUT2D eigenvalue weighted by molar-refractivity contribution is 5.94. The van der Waals surface area contributed by atoms with Crippen LogP contribution in [-0.2, 0) is 13.6 Å². The highest BCUT2D eigenvalue weighted by Gasteiger charge is 2.07. The number of carbonyl (C=O) groups is 1. The topological polar surface area (TPSA) is 63.1 Å². The minimum Gasteiger partial charge on any atom is -0.378 e. The summed E-state index contributed by atoms with van der Waals surface area (Å²) in [6.07, 6.45) is 5.47. The number of pyridine rings is 1. The summed E-state index contributed by atoms with van der Waals surface area (Å²) in [5.41, 5.74) is 4.49. The molecule has 0 atom stereocenters. The zero-order valence-corrected chi connectivity index (χ0v) is 14.6. The van der Waals surface area contributed by atoms with Gasteiger partial charge in [-0.3, -0.25) is 14.5 Å². The highest BCUT2D eigenvalue weighted by atomic mass is 16.1. The Balaban J connectivity index is 1.60. The molecule has 1 amide bonds. The van der Waals surface area contributed by atoms with Crippen LogP contribution in [0.2, 0.25) is 0 Å². The molecule has 0 aliphatic carbocycles. The van der Waals surface area contributed by atoms with E-state index in [9.17, 15) is 4.79 Å². The van der Waals surface area contributed by atoms with Crippen LogP contribution in [0.5, 0.6) is 0 Å². The molecule has 0 fully saturated rings. The monoisotopic (exact) mass is 335 g/mol. The maximum Gasteiger partial charge on any atom is 0.251 e. The summed E-state index contributed by atoms with van der Waals surface area (Å²) in [5.74, 6) is -0.0957. The molecule has 0 saturated carbocycles. The molecule has 0 unspecified atom stereocenters. The van der Waals surface area contributed by atoms with Gasteiger partial charge in [0.15, 0.2) is 0 Å². The van der Waals surface area contributed by atoms with Gasteiger partial charge in [0.25, 0.3) is 5.91 Å². The number of benzene rings is 1. The molecule has 1 aromatic carbocycles. The molecule has 3 rings (SSSR count). The molecule has 1 N–H and O–H groups in total. The van der Waals surface area contributed by atoms with Gasteiger partial charge in [-0.2, -0.15) is 5.10 Å². The molecule has 0 aliphatic rings. The summed E-state index contributed by atoms with van der Waals surface area (Å²) >= 11 is 0. The van der Waals surface area contributed by atoms with Gasteiger partial charge in [0.2, 0.25) is 0 Å². The van der Waals surface area contributed by atoms with Crippen molar-refractivity contribution in [1.82, 2.24) is 20.1 Å². The van der Waals surface area contributed by atoms with Gasteiger partial charge in [0, 0.05) is 56.9 Å². The van der Waals surface area contributed by atoms with E-state index in [0.717, 1.165) is 22.5 Å². The molecular formula is C19H21N5O. The summed E-state index contributed by atoms with van der Waals surface area (Å²) in [6, 6.07) is 11.4. The van der Waals surface area contributed by atoms with Crippen LogP contribution in [0.4, 0.5) is 5.69 Å². The molecule has 0 spiro atoms. The first-order valence-corrected chi connectivity index (χ1v) is 8.02. The smallest absolute Gasteiger partial charge is 0.251 e. The van der Waals surface area contributed by atoms with Crippen molar-refractivity contribution in [1.29, 1.82) is 0 Å². The lowest BCUT2D eigenvalue weighted by atomic mass is 10.1. The minimum absolute atomic E-state index is 0.0957. The number of aromatic nitrogens is 3. The van der Waals surface area contributed by atoms with Crippen LogP contribution in [0.1, 0.15) is 15.9 Å². The van der Waals surface area contributed by atoms with Crippen molar-refractivity contribution in [2.45, 2.75) is 6.54 Å². The van der Waals surface area contributed by atoms with Gasteiger partial charge in [-0.05, 0) is 35.9 Å². The third-order valence-corrected chi connectivity index (χ3v) is 3.92. The van der Waals surface area contributed by atoms with E-state index >= 15 is 0 Å². The lowest BCUT2D eigenvalue weighted by Crippen LogP contribution is -2.22. The Kier molecular flexibility index (Phi) is 4.79. The van der Waals surface area contributed by atoms with Crippen LogP contribution in [-0.4, -0.2) is 34.8 Å². The fourth-order valence-electron chi connectivity index (χ4n) is 2.45. The predicted molar refractivity (Wildman–Crippen MR) is 98.4 cm³/mol. The number of aryl methyl sites for hydroxylation is 1. The highest BCUT2D eigenvalue weighted by Crippen LogP contribution is 2.16. The lowest BCUT2D eigenvalue weighted by molar-refractivity contribution is 0.0951. The number of hydrogen-bond donors (Lipinski definition) is 1. The van der Waals surface area contributed by atoms with Gasteiger partial charge >= 0.3 is 0 Å². The molecule has 2 heterocycles. The summed E-state index contributed by atoms with van der Waals surface area (Å²) in [4.78, 5) is 18.7. The lowest BCUT2D eigenvalue weighted by Gasteiger charge is -2.12. The second-order valence-corrected chi connectivity index (χ2v) is 6.08. The Morgan fingerprint density at radius 1 is 1.12 bits per heavy atom. The second-order valence-electron chi connectivity index (χ2n) is 6.08. The van der Waals surface area contributed by atoms with Crippen molar-refractivity contribution < 1.29 is 4.79 Å². The quantitative estimate of drug-likeness (QED) is 0.778. The average molecular weight is 335 g/mol. The molecule has 2 aromatic heterocycles. The van der Waals surface area contributed by atoms with Gasteiger partial charge < -0.3 is 10.2 Å². The van der Waals surface area contributed by atoms with Crippen LogP contribution in [0.15, 0.2) is 55.0 Å². The summed E-state index contributed by atoms with van der Waals surface area (Å²) in [7, 11) is 5.81. The standard InChI is InChI=1S/C19H21N5O/c1-23(2)17-7-5-15(6-8-17)19(25)21-11-14-4-9-18(20-10-14)16-12-22-24(3)13-16/h4-10,12-13H,11H2,1-3H3,(H,21,25). The van der Waals surface area contributed by atoms with Gasteiger partial charge in [0.1, 0.15) is 0 Å². The first-order valence-electron chi connectivity index (χ1n) is 8.02. The van der Waals surface area contributed by atoms with Crippen LogP contribution < -0.4 is 10.2 Å². The Morgan fingerprint density at radius 2 is 1.88 bits per heavy atom. The van der Waals surface area contributed by atoms with Crippen LogP contribution in [0.3, 0.4) is 0 Å². The third kappa shape index (κ3) is 4.03. The molecule has 0 saturated heterocycles. The van der Waals surface area contributed by atoms with Crippen LogP contribution >= 0.6 is 0 Å². The van der Waals surface area contributed by atoms with E-state index in [1.165, 1.54) is 0 Å². The van der Waals surface area contributed by atoms with Crippen molar-refractivity contribution in [3.63, 3.8) is 0 Å². The molecule has 128 valence electrons. The fourth-order valence-corrected chi connectivity index (χ4v) is 2.45. The molecule has 0 radical (unpaired) electrons. The summed E-state index contributed by atoms with van der Waals surface area (Å²) < 4.78 is 1.74. The molecule has 0 bridgehead atoms. The van der Waals surface area contributed by atoms with Crippen molar-refractivity contribution in [2.75, 3.05) is 19.0 Å². The predicted octanol–water partition coefficient (Wildman–Crippen LogP) is 2.48. The van der Waals surface area contributed by atoms with Crippen LogP contribution in [0, 0.1) is 0 Å². The van der Waals surface area contributed by atoms with Crippen molar-refractivity contribution in [3.05, 3.63) is 66.1 Å². The molecular weight excluding hydrogens is 314 g/mol. The van der Waals surface area contributed by atoms with E-state index in [1.807, 2.05) is 68.6 Å². The maximum absolute atomic E-state index is 12.2. The van der Waals surface area contributed by atoms with E-state index in [4.69, 9.17) is 0 Å². The van der Waals surface area contributed by atoms with Crippen molar-refractivity contribution in [3.8, 4) is 11.3 Å². The Bertz CT molecular complexity index is 850. The fraction of sp³-hybridized carbons (Fsp3) is 0.211. The van der Waals surface area contributed by atoms with Crippen LogP contribution in [0.25, 0.3) is 11.3 Å². The van der Waals surface area contributed by atoms with E-state index in [2.05, 4.69) is 15.4 Å². The van der Waals surface area contributed by atoms with Gasteiger partial charge in [-0.15, -0.1) is 0 Å². The maximum atomic E-state index is 12.2. The van der Waals surface area contributed by atoms with Gasteiger partial charge in [-0.1, -0.05) is 6.07 Å². The SMILES string of the molecule is CN(C)c1ccc(C(=O)NCc2ccc(-c3cnn(C)c3)nc2)cc1. The van der Waals surface area contributed by atoms with Gasteiger partial charge in [-0.25, -0.2) is 0 Å². The number of amides is 1. The normalized spacial score (nSPS) is 10.5. The number of carbonyl (C=O) groups excluding carboxylic acids is 1. The molecule has 0 aliphatic heterocycles. The molecule has 6 heteroatoms. The van der Waals surface area contributed by atoms with E-state index in [-0.39, 0.29) is 5.91 Å². The number of rotatable bonds is 5. The third-order valence-electron chi connectivity index (χ3n) is 3.92. The van der Waals surface area contributed by atoms with E-state index in [1.54, 1.807) is 17.1 Å². The molecule has 3 aromatic rings. The van der Waals surface area contributed by atoms with Crippen molar-refractivity contribution in [2.24, 2.45) is 7.05 Å². The molecule has 6 nitrogen and oxygen atoms in total. The number of anilines is 1. The van der Waals surface area contributed by atoms with Crippen molar-refractivity contribution >= 4 is 11.6 Å². The zero-order valence-electron chi connectivity index (χ0n) is 14.6. The number of hydrogen-bond acceptors (Lipinski definition) is 4. The Hall–Kier alpha value is -3.15. The van der Waals surface area contributed by atoms with E-state index in [0.29, 0.717) is 12.1 Å². The van der Waals surface area contributed by atoms with Gasteiger partial charge in [0.05, 0.1) is 11.9 Å². The summed E-state index contributed by atoms with van der Waals surface area (Å²) in [5, 5.41) is 7.06. The largest absolute Gasteiger partial charge is 0.378 e. The first kappa shape index (κ1) is 16.7. The average Bonchev–Trinajstić information content (AvgIpc) is 3.06. The summed E-state index contributed by atoms with van der Waals surface area (Å²) in [6.45, 7) is 0.439. The second kappa shape index (κ2) is 7.17. The minimum atomic E-state index is -0.0957.